The molecular weight excluding hydrogens is 479 g/mol. The van der Waals surface area contributed by atoms with Crippen LogP contribution in [0.1, 0.15) is 25.7 Å². The summed E-state index contributed by atoms with van der Waals surface area (Å²) in [5.74, 6) is -0.517. The van der Waals surface area contributed by atoms with Crippen molar-refractivity contribution in [3.63, 3.8) is 0 Å². The summed E-state index contributed by atoms with van der Waals surface area (Å²) in [5, 5.41) is 23.2. The van der Waals surface area contributed by atoms with E-state index in [2.05, 4.69) is 15.9 Å². The van der Waals surface area contributed by atoms with E-state index in [0.717, 1.165) is 49.2 Å². The molecule has 2 rings (SSSR count). The molecule has 11 heteroatoms. The van der Waals surface area contributed by atoms with E-state index >= 15 is 0 Å². The third-order valence-electron chi connectivity index (χ3n) is 4.14. The third kappa shape index (κ3) is 8.00. The summed E-state index contributed by atoms with van der Waals surface area (Å²) in [7, 11) is 0. The fourth-order valence-electron chi connectivity index (χ4n) is 2.65. The zero-order valence-corrected chi connectivity index (χ0v) is 18.2. The first-order chi connectivity index (χ1) is 14.9. The highest BCUT2D eigenvalue weighted by atomic mass is 79.9. The molecule has 0 unspecified atom stereocenters. The number of hydrogen-bond donors (Lipinski definition) is 0. The summed E-state index contributed by atoms with van der Waals surface area (Å²) in [4.78, 5) is 20.9. The molecule has 9 nitrogen and oxygen atoms in total. The number of ether oxygens (including phenoxy) is 3. The van der Waals surface area contributed by atoms with Gasteiger partial charge in [0.2, 0.25) is 5.75 Å². The second kappa shape index (κ2) is 12.7. The van der Waals surface area contributed by atoms with Crippen LogP contribution in [0, 0.1) is 26.0 Å². The van der Waals surface area contributed by atoms with Crippen molar-refractivity contribution in [3.05, 3.63) is 62.4 Å². The van der Waals surface area contributed by atoms with Crippen molar-refractivity contribution in [3.8, 4) is 17.2 Å². The van der Waals surface area contributed by atoms with E-state index in [4.69, 9.17) is 14.2 Å². The van der Waals surface area contributed by atoms with Crippen LogP contribution in [0.4, 0.5) is 15.8 Å². The Morgan fingerprint density at radius 1 is 0.774 bits per heavy atom. The summed E-state index contributed by atoms with van der Waals surface area (Å²) in [5.41, 5.74) is -0.639. The molecule has 0 amide bonds. The number of nitro benzene ring substituents is 2. The highest BCUT2D eigenvalue weighted by Gasteiger charge is 2.18. The Bertz CT molecular complexity index is 898. The number of nitro groups is 2. The van der Waals surface area contributed by atoms with Crippen molar-refractivity contribution in [2.75, 3.05) is 25.2 Å². The lowest BCUT2D eigenvalue weighted by atomic mass is 10.2. The lowest BCUT2D eigenvalue weighted by molar-refractivity contribution is -0.386. The van der Waals surface area contributed by atoms with E-state index in [1.807, 2.05) is 0 Å². The fourth-order valence-corrected chi connectivity index (χ4v) is 3.04. The quantitative estimate of drug-likeness (QED) is 0.147. The first-order valence-electron chi connectivity index (χ1n) is 9.59. The maximum Gasteiger partial charge on any atom is 0.311 e. The van der Waals surface area contributed by atoms with Crippen molar-refractivity contribution < 1.29 is 28.4 Å². The Balaban J connectivity index is 1.93. The smallest absolute Gasteiger partial charge is 0.311 e. The molecule has 0 aliphatic carbocycles. The second-order valence-electron chi connectivity index (χ2n) is 6.40. The third-order valence-corrected chi connectivity index (χ3v) is 4.70. The summed E-state index contributed by atoms with van der Waals surface area (Å²) < 4.78 is 29.6. The molecule has 2 aromatic carbocycles. The Morgan fingerprint density at radius 3 is 1.97 bits per heavy atom. The lowest BCUT2D eigenvalue weighted by Crippen LogP contribution is -2.11. The fraction of sp³-hybridized carbons (Fsp3) is 0.400. The topological polar surface area (TPSA) is 114 Å². The summed E-state index contributed by atoms with van der Waals surface area (Å²) >= 11 is 3.38. The molecule has 2 aromatic rings. The minimum atomic E-state index is -0.693. The molecule has 0 N–H and O–H groups in total. The Labute approximate surface area is 186 Å². The minimum absolute atomic E-state index is 0.0147. The monoisotopic (exact) mass is 500 g/mol. The number of nitrogens with zero attached hydrogens (tertiary/aromatic N) is 2. The number of unbranched alkanes of at least 4 members (excludes halogenated alkanes) is 3. The van der Waals surface area contributed by atoms with Crippen molar-refractivity contribution in [2.45, 2.75) is 25.7 Å². The Hall–Kier alpha value is -2.95. The minimum Gasteiger partial charge on any atom is -0.493 e. The molecule has 0 aliphatic heterocycles. The Kier molecular flexibility index (Phi) is 9.95. The van der Waals surface area contributed by atoms with Crippen LogP contribution in [-0.2, 0) is 0 Å². The van der Waals surface area contributed by atoms with Crippen molar-refractivity contribution in [2.24, 2.45) is 0 Å². The second-order valence-corrected chi connectivity index (χ2v) is 7.20. The van der Waals surface area contributed by atoms with Gasteiger partial charge in [-0.25, -0.2) is 4.39 Å². The predicted octanol–water partition coefficient (Wildman–Crippen LogP) is 5.43. The van der Waals surface area contributed by atoms with Gasteiger partial charge in [0.25, 0.3) is 0 Å². The maximum atomic E-state index is 13.3. The number of hydrogen-bond acceptors (Lipinski definition) is 7. The number of halogens is 2. The lowest BCUT2D eigenvalue weighted by Gasteiger charge is -2.11. The molecule has 0 atom stereocenters. The van der Waals surface area contributed by atoms with Crippen LogP contribution in [0.5, 0.6) is 17.2 Å². The number of rotatable bonds is 14. The van der Waals surface area contributed by atoms with Crippen LogP contribution in [0.15, 0.2) is 36.4 Å². The SMILES string of the molecule is O=[N+]([O-])c1ccc(F)cc1OCCOc1cc(OCCCCCCBr)ccc1[N+](=O)[O-]. The zero-order valence-electron chi connectivity index (χ0n) is 16.6. The van der Waals surface area contributed by atoms with Gasteiger partial charge in [-0.05, 0) is 25.0 Å². The molecule has 0 fully saturated rings. The molecule has 0 aliphatic rings. The van der Waals surface area contributed by atoms with Gasteiger partial charge in [-0.1, -0.05) is 28.8 Å². The first-order valence-corrected chi connectivity index (χ1v) is 10.7. The van der Waals surface area contributed by atoms with Crippen molar-refractivity contribution in [1.29, 1.82) is 0 Å². The molecule has 31 heavy (non-hydrogen) atoms. The molecule has 0 bridgehead atoms. The summed E-state index contributed by atoms with van der Waals surface area (Å²) in [6.45, 7) is 0.149. The van der Waals surface area contributed by atoms with Gasteiger partial charge in [0.05, 0.1) is 16.5 Å². The molecule has 0 heterocycles. The molecule has 0 radical (unpaired) electrons. The van der Waals surface area contributed by atoms with Crippen LogP contribution < -0.4 is 14.2 Å². The summed E-state index contributed by atoms with van der Waals surface area (Å²) in [6, 6.07) is 7.05. The molecular formula is C20H22BrFN2O7. The highest BCUT2D eigenvalue weighted by Crippen LogP contribution is 2.32. The standard InChI is InChI=1S/C20H22BrFN2O7/c21-9-3-1-2-4-10-29-16-6-8-18(24(27)28)20(14-16)31-12-11-30-19-13-15(22)5-7-17(19)23(25)26/h5-8,13-14H,1-4,9-12H2. The maximum absolute atomic E-state index is 13.3. The van der Waals surface area contributed by atoms with E-state index in [0.29, 0.717) is 12.4 Å². The van der Waals surface area contributed by atoms with E-state index in [9.17, 15) is 24.6 Å². The van der Waals surface area contributed by atoms with Crippen LogP contribution in [-0.4, -0.2) is 35.0 Å². The molecule has 0 spiro atoms. The van der Waals surface area contributed by atoms with Gasteiger partial charge in [0, 0.05) is 29.6 Å². The van der Waals surface area contributed by atoms with Gasteiger partial charge in [0.15, 0.2) is 5.75 Å². The van der Waals surface area contributed by atoms with Gasteiger partial charge >= 0.3 is 11.4 Å². The summed E-state index contributed by atoms with van der Waals surface area (Å²) in [6.07, 6.45) is 4.06. The van der Waals surface area contributed by atoms with Gasteiger partial charge in [-0.3, -0.25) is 20.2 Å². The normalized spacial score (nSPS) is 10.5. The van der Waals surface area contributed by atoms with Crippen LogP contribution in [0.3, 0.4) is 0 Å². The first kappa shape index (κ1) is 24.3. The van der Waals surface area contributed by atoms with E-state index < -0.39 is 15.7 Å². The van der Waals surface area contributed by atoms with Gasteiger partial charge in [0.1, 0.15) is 24.8 Å². The molecule has 0 saturated carbocycles. The van der Waals surface area contributed by atoms with Gasteiger partial charge < -0.3 is 14.2 Å². The zero-order chi connectivity index (χ0) is 22.6. The van der Waals surface area contributed by atoms with Gasteiger partial charge in [-0.15, -0.1) is 0 Å². The Morgan fingerprint density at radius 2 is 1.35 bits per heavy atom. The van der Waals surface area contributed by atoms with Crippen LogP contribution in [0.25, 0.3) is 0 Å². The molecule has 0 aromatic heterocycles. The molecule has 168 valence electrons. The van der Waals surface area contributed by atoms with Crippen LogP contribution >= 0.6 is 15.9 Å². The average Bonchev–Trinajstić information content (AvgIpc) is 2.73. The number of benzene rings is 2. The van der Waals surface area contributed by atoms with Crippen molar-refractivity contribution in [1.82, 2.24) is 0 Å². The number of alkyl halides is 1. The van der Waals surface area contributed by atoms with E-state index in [-0.39, 0.29) is 36.1 Å². The highest BCUT2D eigenvalue weighted by molar-refractivity contribution is 9.09. The molecule has 0 saturated heterocycles. The predicted molar refractivity (Wildman–Crippen MR) is 115 cm³/mol. The average molecular weight is 501 g/mol. The van der Waals surface area contributed by atoms with E-state index in [1.165, 1.54) is 18.2 Å². The van der Waals surface area contributed by atoms with Gasteiger partial charge in [-0.2, -0.15) is 0 Å². The van der Waals surface area contributed by atoms with Crippen LogP contribution in [0.2, 0.25) is 0 Å². The van der Waals surface area contributed by atoms with E-state index in [1.54, 1.807) is 0 Å². The largest absolute Gasteiger partial charge is 0.493 e. The van der Waals surface area contributed by atoms with Crippen molar-refractivity contribution >= 4 is 27.3 Å².